The van der Waals surface area contributed by atoms with Gasteiger partial charge in [0.2, 0.25) is 0 Å². The third kappa shape index (κ3) is 6.29. The fraction of sp³-hybridized carbons (Fsp3) is 0.111. The van der Waals surface area contributed by atoms with E-state index in [2.05, 4.69) is 47.7 Å². The van der Waals surface area contributed by atoms with Gasteiger partial charge in [-0.15, -0.1) is 0 Å². The van der Waals surface area contributed by atoms with E-state index in [1.54, 1.807) is 0 Å². The zero-order valence-corrected chi connectivity index (χ0v) is 16.3. The summed E-state index contributed by atoms with van der Waals surface area (Å²) in [4.78, 5) is 11.8. The minimum Gasteiger partial charge on any atom is -0.375 e. The standard InChI is InChI=1S/C18H17Br2N3O/c1-13(7-8-14-5-3-2-4-6-14)22-23-18(24)12-21-17-10-9-15(19)11-16(17)20/h2-11,21H,12H2,1H3,(H,23,24)/b8-7+,22-13+. The molecule has 0 aliphatic heterocycles. The molecule has 0 radical (unpaired) electrons. The van der Waals surface area contributed by atoms with Crippen molar-refractivity contribution in [1.82, 2.24) is 5.43 Å². The molecule has 0 spiro atoms. The van der Waals surface area contributed by atoms with Gasteiger partial charge in [0.15, 0.2) is 0 Å². The number of rotatable bonds is 6. The molecule has 6 heteroatoms. The minimum atomic E-state index is -0.211. The second kappa shape index (κ2) is 9.39. The summed E-state index contributed by atoms with van der Waals surface area (Å²) < 4.78 is 1.85. The van der Waals surface area contributed by atoms with Gasteiger partial charge in [-0.2, -0.15) is 5.10 Å². The Morgan fingerprint density at radius 1 is 1.17 bits per heavy atom. The number of hydrogen-bond acceptors (Lipinski definition) is 3. The van der Waals surface area contributed by atoms with E-state index in [0.29, 0.717) is 0 Å². The zero-order chi connectivity index (χ0) is 17.4. The van der Waals surface area contributed by atoms with E-state index in [1.807, 2.05) is 67.6 Å². The average molecular weight is 451 g/mol. The van der Waals surface area contributed by atoms with Gasteiger partial charge in [-0.3, -0.25) is 4.79 Å². The SMILES string of the molecule is CC(/C=C/c1ccccc1)=N\NC(=O)CNc1ccc(Br)cc1Br. The van der Waals surface area contributed by atoms with Crippen LogP contribution in [-0.2, 0) is 4.79 Å². The van der Waals surface area contributed by atoms with Gasteiger partial charge in [-0.1, -0.05) is 52.3 Å². The Kier molecular flexibility index (Phi) is 7.21. The van der Waals surface area contributed by atoms with Crippen molar-refractivity contribution in [3.8, 4) is 0 Å². The molecule has 0 aromatic heterocycles. The number of hydrogen-bond donors (Lipinski definition) is 2. The maximum absolute atomic E-state index is 11.8. The maximum Gasteiger partial charge on any atom is 0.259 e. The quantitative estimate of drug-likeness (QED) is 0.489. The fourth-order valence-electron chi connectivity index (χ4n) is 1.82. The number of amides is 1. The Bertz CT molecular complexity index is 758. The Labute approximate surface area is 158 Å². The van der Waals surface area contributed by atoms with E-state index in [1.165, 1.54) is 0 Å². The first kappa shape index (κ1) is 18.4. The van der Waals surface area contributed by atoms with Gasteiger partial charge >= 0.3 is 0 Å². The molecule has 0 saturated carbocycles. The van der Waals surface area contributed by atoms with E-state index in [9.17, 15) is 4.79 Å². The van der Waals surface area contributed by atoms with Crippen LogP contribution in [0.5, 0.6) is 0 Å². The topological polar surface area (TPSA) is 53.5 Å². The first-order chi connectivity index (χ1) is 11.5. The number of nitrogens with one attached hydrogen (secondary N) is 2. The van der Waals surface area contributed by atoms with Crippen LogP contribution in [0.3, 0.4) is 0 Å². The van der Waals surface area contributed by atoms with Crippen LogP contribution in [0, 0.1) is 0 Å². The summed E-state index contributed by atoms with van der Waals surface area (Å²) in [7, 11) is 0. The summed E-state index contributed by atoms with van der Waals surface area (Å²) in [6.45, 7) is 1.97. The van der Waals surface area contributed by atoms with Gasteiger partial charge in [0, 0.05) is 14.6 Å². The number of benzene rings is 2. The van der Waals surface area contributed by atoms with Gasteiger partial charge in [0.25, 0.3) is 5.91 Å². The third-order valence-corrected chi connectivity index (χ3v) is 4.19. The average Bonchev–Trinajstić information content (AvgIpc) is 2.58. The van der Waals surface area contributed by atoms with Gasteiger partial charge in [0.1, 0.15) is 0 Å². The molecule has 2 aromatic carbocycles. The molecule has 4 nitrogen and oxygen atoms in total. The molecule has 0 unspecified atom stereocenters. The highest BCUT2D eigenvalue weighted by atomic mass is 79.9. The fourth-order valence-corrected chi connectivity index (χ4v) is 3.00. The molecule has 0 aliphatic rings. The zero-order valence-electron chi connectivity index (χ0n) is 13.1. The van der Waals surface area contributed by atoms with Crippen molar-refractivity contribution in [2.75, 3.05) is 11.9 Å². The number of halogens is 2. The van der Waals surface area contributed by atoms with E-state index in [-0.39, 0.29) is 12.5 Å². The van der Waals surface area contributed by atoms with Gasteiger partial charge in [0.05, 0.1) is 12.3 Å². The summed E-state index contributed by atoms with van der Waals surface area (Å²) in [5.41, 5.74) is 5.18. The van der Waals surface area contributed by atoms with Crippen molar-refractivity contribution in [2.24, 2.45) is 5.10 Å². The maximum atomic E-state index is 11.8. The lowest BCUT2D eigenvalue weighted by atomic mass is 10.2. The smallest absolute Gasteiger partial charge is 0.259 e. The second-order valence-electron chi connectivity index (χ2n) is 5.01. The first-order valence-corrected chi connectivity index (χ1v) is 8.88. The normalized spacial score (nSPS) is 11.5. The van der Waals surface area contributed by atoms with Gasteiger partial charge in [-0.05, 0) is 52.7 Å². The summed E-state index contributed by atoms with van der Waals surface area (Å²) in [5.74, 6) is -0.211. The molecule has 1 amide bonds. The largest absolute Gasteiger partial charge is 0.375 e. The van der Waals surface area contributed by atoms with Crippen LogP contribution >= 0.6 is 31.9 Å². The van der Waals surface area contributed by atoms with Crippen LogP contribution in [0.15, 0.2) is 68.7 Å². The summed E-state index contributed by atoms with van der Waals surface area (Å²) >= 11 is 6.83. The van der Waals surface area contributed by atoms with Crippen molar-refractivity contribution in [2.45, 2.75) is 6.92 Å². The van der Waals surface area contributed by atoms with Gasteiger partial charge < -0.3 is 5.32 Å². The molecule has 0 heterocycles. The highest BCUT2D eigenvalue weighted by molar-refractivity contribution is 9.11. The lowest BCUT2D eigenvalue weighted by Gasteiger charge is -2.08. The van der Waals surface area contributed by atoms with Crippen LogP contribution in [0.25, 0.3) is 6.08 Å². The lowest BCUT2D eigenvalue weighted by molar-refractivity contribution is -0.119. The van der Waals surface area contributed by atoms with E-state index >= 15 is 0 Å². The van der Waals surface area contributed by atoms with E-state index in [0.717, 1.165) is 25.9 Å². The third-order valence-electron chi connectivity index (χ3n) is 3.04. The number of hydrazone groups is 1. The molecule has 0 fully saturated rings. The lowest BCUT2D eigenvalue weighted by Crippen LogP contribution is -2.26. The van der Waals surface area contributed by atoms with Crippen LogP contribution in [-0.4, -0.2) is 18.2 Å². The number of carbonyl (C=O) groups is 1. The summed E-state index contributed by atoms with van der Waals surface area (Å²) in [6.07, 6.45) is 3.80. The predicted octanol–water partition coefficient (Wildman–Crippen LogP) is 4.83. The first-order valence-electron chi connectivity index (χ1n) is 7.30. The molecule has 0 atom stereocenters. The number of carbonyl (C=O) groups excluding carboxylic acids is 1. The monoisotopic (exact) mass is 449 g/mol. The van der Waals surface area contributed by atoms with Crippen molar-refractivity contribution in [3.63, 3.8) is 0 Å². The number of anilines is 1. The van der Waals surface area contributed by atoms with Crippen molar-refractivity contribution < 1.29 is 4.79 Å². The van der Waals surface area contributed by atoms with Crippen LogP contribution < -0.4 is 10.7 Å². The Hall–Kier alpha value is -1.92. The molecule has 0 aliphatic carbocycles. The predicted molar refractivity (Wildman–Crippen MR) is 107 cm³/mol. The Morgan fingerprint density at radius 3 is 2.62 bits per heavy atom. The molecule has 2 rings (SSSR count). The molecular formula is C18H17Br2N3O. The highest BCUT2D eigenvalue weighted by Crippen LogP contribution is 2.25. The Morgan fingerprint density at radius 2 is 1.92 bits per heavy atom. The molecule has 0 saturated heterocycles. The molecule has 2 aromatic rings. The summed E-state index contributed by atoms with van der Waals surface area (Å²) in [5, 5.41) is 7.11. The minimum absolute atomic E-state index is 0.138. The van der Waals surface area contributed by atoms with Crippen molar-refractivity contribution >= 4 is 55.2 Å². The number of nitrogens with zero attached hydrogens (tertiary/aromatic N) is 1. The van der Waals surface area contributed by atoms with Crippen molar-refractivity contribution in [3.05, 3.63) is 69.1 Å². The summed E-state index contributed by atoms with van der Waals surface area (Å²) in [6, 6.07) is 15.6. The number of allylic oxidation sites excluding steroid dienone is 1. The van der Waals surface area contributed by atoms with Crippen LogP contribution in [0.4, 0.5) is 5.69 Å². The second-order valence-corrected chi connectivity index (χ2v) is 6.78. The molecular weight excluding hydrogens is 434 g/mol. The molecule has 0 bridgehead atoms. The van der Waals surface area contributed by atoms with Crippen molar-refractivity contribution in [1.29, 1.82) is 0 Å². The van der Waals surface area contributed by atoms with Gasteiger partial charge in [-0.25, -0.2) is 5.43 Å². The van der Waals surface area contributed by atoms with Crippen LogP contribution in [0.1, 0.15) is 12.5 Å². The highest BCUT2D eigenvalue weighted by Gasteiger charge is 2.03. The van der Waals surface area contributed by atoms with E-state index in [4.69, 9.17) is 0 Å². The molecule has 124 valence electrons. The molecule has 2 N–H and O–H groups in total. The van der Waals surface area contributed by atoms with E-state index < -0.39 is 0 Å². The molecule has 24 heavy (non-hydrogen) atoms. The Balaban J connectivity index is 1.82. The van der Waals surface area contributed by atoms with Crippen LogP contribution in [0.2, 0.25) is 0 Å².